The normalized spacial score (nSPS) is 16.3. The van der Waals surface area contributed by atoms with Crippen LogP contribution in [0.1, 0.15) is 31.4 Å². The molecule has 4 rings (SSSR count). The van der Waals surface area contributed by atoms with Crippen molar-refractivity contribution in [2.24, 2.45) is 0 Å². The molecule has 8 nitrogen and oxygen atoms in total. The molecule has 2 N–H and O–H groups in total. The highest BCUT2D eigenvalue weighted by atomic mass is 35.5. The minimum Gasteiger partial charge on any atom is -0.379 e. The standard InChI is InChI=1S/C22H24ClFN4O4S/c1-3-10-33(30,31)27-18-5-4-15(24)21(20(18)23)26-16-6-7-17-19(13(16)2)22(29)28(12-25-17)14-8-9-32-11-14/h4-7,12,14,26-27H,3,8-11H2,1-2H3/t14-/m1/s1. The summed E-state index contributed by atoms with van der Waals surface area (Å²) in [7, 11) is -3.61. The van der Waals surface area contributed by atoms with Crippen LogP contribution >= 0.6 is 11.6 Å². The highest BCUT2D eigenvalue weighted by Crippen LogP contribution is 2.36. The van der Waals surface area contributed by atoms with Crippen molar-refractivity contribution in [3.63, 3.8) is 0 Å². The van der Waals surface area contributed by atoms with E-state index in [0.717, 1.165) is 12.5 Å². The monoisotopic (exact) mass is 494 g/mol. The molecule has 2 heterocycles. The third-order valence-corrected chi connectivity index (χ3v) is 7.47. The van der Waals surface area contributed by atoms with E-state index in [2.05, 4.69) is 15.0 Å². The second-order valence-electron chi connectivity index (χ2n) is 7.94. The van der Waals surface area contributed by atoms with Gasteiger partial charge in [0.2, 0.25) is 10.0 Å². The average molecular weight is 495 g/mol. The van der Waals surface area contributed by atoms with E-state index >= 15 is 0 Å². The number of hydrogen-bond acceptors (Lipinski definition) is 6. The maximum atomic E-state index is 14.7. The maximum Gasteiger partial charge on any atom is 0.261 e. The Morgan fingerprint density at radius 1 is 1.27 bits per heavy atom. The van der Waals surface area contributed by atoms with E-state index in [0.29, 0.717) is 41.8 Å². The van der Waals surface area contributed by atoms with Crippen molar-refractivity contribution < 1.29 is 17.5 Å². The van der Waals surface area contributed by atoms with Gasteiger partial charge in [0, 0.05) is 12.3 Å². The third kappa shape index (κ3) is 4.68. The Balaban J connectivity index is 1.75. The number of fused-ring (bicyclic) bond motifs is 1. The van der Waals surface area contributed by atoms with E-state index in [4.69, 9.17) is 16.3 Å². The van der Waals surface area contributed by atoms with Crippen LogP contribution in [0.2, 0.25) is 5.02 Å². The Hall–Kier alpha value is -2.69. The second-order valence-corrected chi connectivity index (χ2v) is 10.2. The summed E-state index contributed by atoms with van der Waals surface area (Å²) in [5, 5.41) is 3.23. The summed E-state index contributed by atoms with van der Waals surface area (Å²) in [5.41, 5.74) is 1.32. The SMILES string of the molecule is CCCS(=O)(=O)Nc1ccc(F)c(Nc2ccc3ncn([C@@H]4CCOC4)c(=O)c3c2C)c1Cl. The zero-order valence-electron chi connectivity index (χ0n) is 18.2. The highest BCUT2D eigenvalue weighted by molar-refractivity contribution is 7.92. The van der Waals surface area contributed by atoms with Crippen molar-refractivity contribution in [1.29, 1.82) is 0 Å². The lowest BCUT2D eigenvalue weighted by molar-refractivity contribution is 0.186. The van der Waals surface area contributed by atoms with Gasteiger partial charge in [0.1, 0.15) is 5.82 Å². The van der Waals surface area contributed by atoms with Gasteiger partial charge < -0.3 is 10.1 Å². The van der Waals surface area contributed by atoms with Crippen LogP contribution < -0.4 is 15.6 Å². The first-order valence-corrected chi connectivity index (χ1v) is 12.6. The Morgan fingerprint density at radius 2 is 2.03 bits per heavy atom. The molecule has 11 heteroatoms. The number of sulfonamides is 1. The average Bonchev–Trinajstić information content (AvgIpc) is 3.29. The van der Waals surface area contributed by atoms with E-state index in [1.165, 1.54) is 12.4 Å². The summed E-state index contributed by atoms with van der Waals surface area (Å²) in [4.78, 5) is 17.6. The summed E-state index contributed by atoms with van der Waals surface area (Å²) < 4.78 is 48.3. The van der Waals surface area contributed by atoms with Gasteiger partial charge in [-0.15, -0.1) is 0 Å². The molecule has 1 aromatic heterocycles. The summed E-state index contributed by atoms with van der Waals surface area (Å²) in [5.74, 6) is -0.747. The van der Waals surface area contributed by atoms with Crippen molar-refractivity contribution in [2.75, 3.05) is 29.0 Å². The molecule has 3 aromatic rings. The van der Waals surface area contributed by atoms with Gasteiger partial charge in [-0.1, -0.05) is 18.5 Å². The molecule has 2 aromatic carbocycles. The smallest absolute Gasteiger partial charge is 0.261 e. The van der Waals surface area contributed by atoms with Crippen molar-refractivity contribution in [3.05, 3.63) is 57.3 Å². The molecule has 1 aliphatic rings. The first kappa shape index (κ1) is 23.5. The van der Waals surface area contributed by atoms with Gasteiger partial charge in [0.15, 0.2) is 0 Å². The number of ether oxygens (including phenoxy) is 1. The van der Waals surface area contributed by atoms with Crippen molar-refractivity contribution >= 4 is 49.6 Å². The number of halogens is 2. The molecule has 0 saturated carbocycles. The Kier molecular flexibility index (Phi) is 6.60. The molecule has 176 valence electrons. The van der Waals surface area contributed by atoms with Crippen LogP contribution in [-0.4, -0.2) is 36.9 Å². The number of nitrogens with one attached hydrogen (secondary N) is 2. The summed E-state index contributed by atoms with van der Waals surface area (Å²) in [6.07, 6.45) is 2.68. The van der Waals surface area contributed by atoms with E-state index in [-0.39, 0.29) is 33.8 Å². The molecule has 0 aliphatic carbocycles. The summed E-state index contributed by atoms with van der Waals surface area (Å²) in [6.45, 7) is 4.52. The van der Waals surface area contributed by atoms with Gasteiger partial charge in [0.25, 0.3) is 5.56 Å². The fraction of sp³-hybridized carbons (Fsp3) is 0.364. The number of nitrogens with zero attached hydrogens (tertiary/aromatic N) is 2. The molecule has 1 atom stereocenters. The summed E-state index contributed by atoms with van der Waals surface area (Å²) >= 11 is 6.36. The minimum atomic E-state index is -3.61. The fourth-order valence-electron chi connectivity index (χ4n) is 3.89. The topological polar surface area (TPSA) is 102 Å². The van der Waals surface area contributed by atoms with Gasteiger partial charge in [-0.2, -0.15) is 0 Å². The van der Waals surface area contributed by atoms with Gasteiger partial charge in [-0.05, 0) is 49.6 Å². The predicted molar refractivity (Wildman–Crippen MR) is 128 cm³/mol. The quantitative estimate of drug-likeness (QED) is 0.506. The lowest BCUT2D eigenvalue weighted by Crippen LogP contribution is -2.26. The van der Waals surface area contributed by atoms with Crippen LogP contribution in [0.5, 0.6) is 0 Å². The number of aromatic nitrogens is 2. The van der Waals surface area contributed by atoms with Gasteiger partial charge in [0.05, 0.1) is 52.0 Å². The molecule has 0 bridgehead atoms. The van der Waals surface area contributed by atoms with Gasteiger partial charge >= 0.3 is 0 Å². The van der Waals surface area contributed by atoms with E-state index in [9.17, 15) is 17.6 Å². The van der Waals surface area contributed by atoms with E-state index in [1.807, 2.05) is 0 Å². The van der Waals surface area contributed by atoms with Gasteiger partial charge in [-0.25, -0.2) is 17.8 Å². The molecule has 0 amide bonds. The van der Waals surface area contributed by atoms with Crippen LogP contribution in [0.15, 0.2) is 35.4 Å². The summed E-state index contributed by atoms with van der Waals surface area (Å²) in [6, 6.07) is 5.67. The molecule has 1 aliphatic heterocycles. The van der Waals surface area contributed by atoms with E-state index < -0.39 is 15.8 Å². The van der Waals surface area contributed by atoms with Crippen LogP contribution in [0.4, 0.5) is 21.5 Å². The van der Waals surface area contributed by atoms with Crippen LogP contribution in [0, 0.1) is 12.7 Å². The zero-order valence-corrected chi connectivity index (χ0v) is 19.8. The predicted octanol–water partition coefficient (Wildman–Crippen LogP) is 4.35. The maximum absolute atomic E-state index is 14.7. The fourth-order valence-corrected chi connectivity index (χ4v) is 5.33. The second kappa shape index (κ2) is 9.28. The van der Waals surface area contributed by atoms with E-state index in [1.54, 1.807) is 30.5 Å². The molecule has 1 saturated heterocycles. The van der Waals surface area contributed by atoms with Crippen LogP contribution in [0.25, 0.3) is 10.9 Å². The Morgan fingerprint density at radius 3 is 2.73 bits per heavy atom. The van der Waals surface area contributed by atoms with Crippen LogP contribution in [0.3, 0.4) is 0 Å². The molecule has 1 fully saturated rings. The van der Waals surface area contributed by atoms with Crippen molar-refractivity contribution in [2.45, 2.75) is 32.7 Å². The first-order valence-electron chi connectivity index (χ1n) is 10.6. The van der Waals surface area contributed by atoms with Crippen molar-refractivity contribution in [3.8, 4) is 0 Å². The number of anilines is 3. The first-order chi connectivity index (χ1) is 15.7. The third-order valence-electron chi connectivity index (χ3n) is 5.60. The van der Waals surface area contributed by atoms with Gasteiger partial charge in [-0.3, -0.25) is 14.1 Å². The molecule has 0 radical (unpaired) electrons. The molecule has 33 heavy (non-hydrogen) atoms. The molecular formula is C22H24ClFN4O4S. The number of hydrogen-bond donors (Lipinski definition) is 2. The Labute approximate surface area is 195 Å². The lowest BCUT2D eigenvalue weighted by Gasteiger charge is -2.17. The minimum absolute atomic E-state index is 0.0673. The number of aryl methyl sites for hydroxylation is 1. The Bertz CT molecular complexity index is 1370. The highest BCUT2D eigenvalue weighted by Gasteiger charge is 2.22. The van der Waals surface area contributed by atoms with Crippen LogP contribution in [-0.2, 0) is 14.8 Å². The molecular weight excluding hydrogens is 471 g/mol. The zero-order chi connectivity index (χ0) is 23.8. The number of rotatable bonds is 7. The molecule has 0 spiro atoms. The largest absolute Gasteiger partial charge is 0.379 e. The lowest BCUT2D eigenvalue weighted by atomic mass is 10.1. The number of benzene rings is 2. The molecule has 0 unspecified atom stereocenters. The van der Waals surface area contributed by atoms with Crippen molar-refractivity contribution in [1.82, 2.24) is 9.55 Å².